The van der Waals surface area contributed by atoms with Gasteiger partial charge in [-0.25, -0.2) is 4.79 Å². The fourth-order valence-electron chi connectivity index (χ4n) is 3.85. The van der Waals surface area contributed by atoms with Crippen molar-refractivity contribution in [3.63, 3.8) is 0 Å². The lowest BCUT2D eigenvalue weighted by Gasteiger charge is -2.16. The second-order valence-corrected chi connectivity index (χ2v) is 7.75. The summed E-state index contributed by atoms with van der Waals surface area (Å²) in [6.07, 6.45) is 0.705. The molecule has 3 aromatic rings. The van der Waals surface area contributed by atoms with Crippen molar-refractivity contribution in [1.29, 1.82) is 0 Å². The number of benzene rings is 3. The van der Waals surface area contributed by atoms with Crippen molar-refractivity contribution >= 4 is 34.5 Å². The van der Waals surface area contributed by atoms with E-state index in [1.165, 1.54) is 7.11 Å². The Morgan fingerprint density at radius 2 is 1.76 bits per heavy atom. The molecule has 6 N–H and O–H groups in total. The maximum absolute atomic E-state index is 13.0. The maximum Gasteiger partial charge on any atom is 0.337 e. The highest BCUT2D eigenvalue weighted by molar-refractivity contribution is 6.37. The molecule has 0 spiro atoms. The van der Waals surface area contributed by atoms with Crippen LogP contribution in [0, 0.1) is 0 Å². The summed E-state index contributed by atoms with van der Waals surface area (Å²) in [5.41, 5.74) is 17.3. The van der Waals surface area contributed by atoms with Gasteiger partial charge in [-0.15, -0.1) is 0 Å². The first-order valence-electron chi connectivity index (χ1n) is 10.7. The maximum atomic E-state index is 13.0. The van der Waals surface area contributed by atoms with Crippen LogP contribution in [0.2, 0.25) is 0 Å². The van der Waals surface area contributed by atoms with Crippen molar-refractivity contribution in [2.24, 2.45) is 11.5 Å². The van der Waals surface area contributed by atoms with Crippen molar-refractivity contribution in [2.75, 3.05) is 24.3 Å². The molecular formula is C26H26N4O3. The molecule has 1 aliphatic rings. The van der Waals surface area contributed by atoms with Crippen molar-refractivity contribution in [3.8, 4) is 0 Å². The molecule has 0 aliphatic carbocycles. The third kappa shape index (κ3) is 4.64. The van der Waals surface area contributed by atoms with Gasteiger partial charge in [-0.05, 0) is 48.4 Å². The van der Waals surface area contributed by atoms with E-state index in [1.54, 1.807) is 18.2 Å². The highest BCUT2D eigenvalue weighted by Crippen LogP contribution is 2.38. The van der Waals surface area contributed by atoms with E-state index in [9.17, 15) is 9.59 Å². The third-order valence-corrected chi connectivity index (χ3v) is 5.58. The fourth-order valence-corrected chi connectivity index (χ4v) is 3.85. The first kappa shape index (κ1) is 22.3. The van der Waals surface area contributed by atoms with E-state index in [1.807, 2.05) is 54.6 Å². The Kier molecular flexibility index (Phi) is 6.53. The summed E-state index contributed by atoms with van der Waals surface area (Å²) in [6.45, 7) is 0.525. The smallest absolute Gasteiger partial charge is 0.337 e. The topological polar surface area (TPSA) is 119 Å². The second kappa shape index (κ2) is 9.68. The first-order chi connectivity index (χ1) is 16.0. The van der Waals surface area contributed by atoms with Crippen LogP contribution >= 0.6 is 0 Å². The molecule has 1 amide bonds. The molecular weight excluding hydrogens is 416 g/mol. The highest BCUT2D eigenvalue weighted by Gasteiger charge is 2.29. The average Bonchev–Trinajstić information content (AvgIpc) is 3.17. The minimum atomic E-state index is -0.459. The third-order valence-electron chi connectivity index (χ3n) is 5.58. The van der Waals surface area contributed by atoms with E-state index >= 15 is 0 Å². The van der Waals surface area contributed by atoms with Crippen molar-refractivity contribution < 1.29 is 14.3 Å². The SMILES string of the molecule is COC(=O)c1ccc2c(c1)NC(=O)C2=C(Nc1ccc(C(N)CCN)cc1)c1ccccc1. The number of hydrogen-bond donors (Lipinski definition) is 4. The number of nitrogens with one attached hydrogen (secondary N) is 2. The van der Waals surface area contributed by atoms with Crippen LogP contribution in [0.25, 0.3) is 11.3 Å². The molecule has 1 unspecified atom stereocenters. The lowest BCUT2D eigenvalue weighted by Crippen LogP contribution is -2.15. The molecule has 7 heteroatoms. The van der Waals surface area contributed by atoms with Crippen LogP contribution in [0.1, 0.15) is 39.5 Å². The molecule has 33 heavy (non-hydrogen) atoms. The van der Waals surface area contributed by atoms with E-state index in [0.717, 1.165) is 16.8 Å². The Morgan fingerprint density at radius 1 is 1.03 bits per heavy atom. The Hall–Kier alpha value is -3.94. The predicted molar refractivity (Wildman–Crippen MR) is 130 cm³/mol. The van der Waals surface area contributed by atoms with Crippen molar-refractivity contribution in [2.45, 2.75) is 12.5 Å². The van der Waals surface area contributed by atoms with E-state index in [0.29, 0.717) is 41.1 Å². The number of fused-ring (bicyclic) bond motifs is 1. The predicted octanol–water partition coefficient (Wildman–Crippen LogP) is 3.75. The average molecular weight is 443 g/mol. The van der Waals surface area contributed by atoms with Crippen LogP contribution in [-0.4, -0.2) is 25.5 Å². The minimum Gasteiger partial charge on any atom is -0.465 e. The Bertz CT molecular complexity index is 1200. The standard InChI is InChI=1S/C26H26N4O3/c1-33-26(32)18-9-12-20-22(15-18)30-25(31)23(20)24(17-5-3-2-4-6-17)29-19-10-7-16(8-11-19)21(28)13-14-27/h2-12,15,21,29H,13-14,27-28H2,1H3,(H,30,31). The minimum absolute atomic E-state index is 0.118. The molecule has 0 aromatic heterocycles. The van der Waals surface area contributed by atoms with Crippen LogP contribution in [0.15, 0.2) is 72.8 Å². The quantitative estimate of drug-likeness (QED) is 0.327. The number of amides is 1. The number of carbonyl (C=O) groups is 2. The molecule has 0 radical (unpaired) electrons. The zero-order chi connectivity index (χ0) is 23.4. The number of ether oxygens (including phenoxy) is 1. The summed E-state index contributed by atoms with van der Waals surface area (Å²) in [4.78, 5) is 25.0. The van der Waals surface area contributed by atoms with Crippen LogP contribution in [0.4, 0.5) is 11.4 Å². The van der Waals surface area contributed by atoms with Gasteiger partial charge in [0.25, 0.3) is 5.91 Å². The number of nitrogens with two attached hydrogens (primary N) is 2. The van der Waals surface area contributed by atoms with Crippen LogP contribution in [0.3, 0.4) is 0 Å². The van der Waals surface area contributed by atoms with E-state index < -0.39 is 5.97 Å². The molecule has 168 valence electrons. The summed E-state index contributed by atoms with van der Waals surface area (Å²) < 4.78 is 4.80. The van der Waals surface area contributed by atoms with Gasteiger partial charge in [-0.3, -0.25) is 4.79 Å². The molecule has 4 rings (SSSR count). The van der Waals surface area contributed by atoms with Gasteiger partial charge < -0.3 is 26.8 Å². The molecule has 0 saturated carbocycles. The summed E-state index contributed by atoms with van der Waals surface area (Å²) in [7, 11) is 1.32. The zero-order valence-corrected chi connectivity index (χ0v) is 18.3. The fraction of sp³-hybridized carbons (Fsp3) is 0.154. The monoisotopic (exact) mass is 442 g/mol. The first-order valence-corrected chi connectivity index (χ1v) is 10.7. The Labute approximate surface area is 192 Å². The molecule has 3 aromatic carbocycles. The van der Waals surface area contributed by atoms with Crippen LogP contribution in [-0.2, 0) is 9.53 Å². The summed E-state index contributed by atoms with van der Waals surface area (Å²) in [6, 6.07) is 22.3. The van der Waals surface area contributed by atoms with Gasteiger partial charge >= 0.3 is 5.97 Å². The number of esters is 1. The van der Waals surface area contributed by atoms with Crippen LogP contribution < -0.4 is 22.1 Å². The number of anilines is 2. The highest BCUT2D eigenvalue weighted by atomic mass is 16.5. The zero-order valence-electron chi connectivity index (χ0n) is 18.3. The molecule has 0 fully saturated rings. The van der Waals surface area contributed by atoms with E-state index in [-0.39, 0.29) is 11.9 Å². The molecule has 1 aliphatic heterocycles. The van der Waals surface area contributed by atoms with Crippen molar-refractivity contribution in [3.05, 3.63) is 95.1 Å². The van der Waals surface area contributed by atoms with Gasteiger partial charge in [0.05, 0.1) is 29.6 Å². The molecule has 7 nitrogen and oxygen atoms in total. The summed E-state index contributed by atoms with van der Waals surface area (Å²) >= 11 is 0. The van der Waals surface area contributed by atoms with Gasteiger partial charge in [0.15, 0.2) is 0 Å². The second-order valence-electron chi connectivity index (χ2n) is 7.75. The van der Waals surface area contributed by atoms with Crippen LogP contribution in [0.5, 0.6) is 0 Å². The van der Waals surface area contributed by atoms with Gasteiger partial charge in [-0.1, -0.05) is 48.5 Å². The summed E-state index contributed by atoms with van der Waals surface area (Å²) in [5, 5.41) is 6.28. The normalized spacial score (nSPS) is 14.8. The van der Waals surface area contributed by atoms with E-state index in [2.05, 4.69) is 10.6 Å². The number of hydrogen-bond acceptors (Lipinski definition) is 6. The summed E-state index contributed by atoms with van der Waals surface area (Å²) in [5.74, 6) is -0.709. The number of methoxy groups -OCH3 is 1. The molecule has 1 atom stereocenters. The Balaban J connectivity index is 1.76. The van der Waals surface area contributed by atoms with Gasteiger partial charge in [0.2, 0.25) is 0 Å². The molecule has 0 saturated heterocycles. The lowest BCUT2D eigenvalue weighted by atomic mass is 9.98. The molecule has 0 bridgehead atoms. The van der Waals surface area contributed by atoms with Crippen molar-refractivity contribution in [1.82, 2.24) is 0 Å². The molecule has 1 heterocycles. The van der Waals surface area contributed by atoms with Gasteiger partial charge in [-0.2, -0.15) is 0 Å². The number of rotatable bonds is 7. The largest absolute Gasteiger partial charge is 0.465 e. The van der Waals surface area contributed by atoms with E-state index in [4.69, 9.17) is 16.2 Å². The van der Waals surface area contributed by atoms with Gasteiger partial charge in [0.1, 0.15) is 0 Å². The number of carbonyl (C=O) groups excluding carboxylic acids is 2. The van der Waals surface area contributed by atoms with Gasteiger partial charge in [0, 0.05) is 17.3 Å². The lowest BCUT2D eigenvalue weighted by molar-refractivity contribution is -0.110. The Morgan fingerprint density at radius 3 is 2.42 bits per heavy atom.